The number of hydrogen-bond donors (Lipinski definition) is 2. The van der Waals surface area contributed by atoms with E-state index in [4.69, 9.17) is 5.73 Å². The smallest absolute Gasteiger partial charge is 0.186 e. The lowest BCUT2D eigenvalue weighted by Crippen LogP contribution is -2.48. The van der Waals surface area contributed by atoms with Gasteiger partial charge in [-0.15, -0.1) is 11.3 Å². The number of carbonyl (C=O) groups excluding carboxylic acids is 1. The predicted molar refractivity (Wildman–Crippen MR) is 115 cm³/mol. The van der Waals surface area contributed by atoms with E-state index in [9.17, 15) is 18.7 Å². The van der Waals surface area contributed by atoms with E-state index in [0.717, 1.165) is 35.6 Å². The highest BCUT2D eigenvalue weighted by Crippen LogP contribution is 2.30. The van der Waals surface area contributed by atoms with Crippen LogP contribution in [0.15, 0.2) is 42.0 Å². The molecule has 0 spiro atoms. The number of rotatable bonds is 6. The van der Waals surface area contributed by atoms with Crippen molar-refractivity contribution in [3.05, 3.63) is 64.9 Å². The number of carbonyl (C=O) groups is 1. The summed E-state index contributed by atoms with van der Waals surface area (Å²) in [5.41, 5.74) is 7.62. The summed E-state index contributed by atoms with van der Waals surface area (Å²) in [5.74, 6) is -1.64. The van der Waals surface area contributed by atoms with Crippen molar-refractivity contribution in [2.75, 3.05) is 24.6 Å². The van der Waals surface area contributed by atoms with Crippen molar-refractivity contribution >= 4 is 22.8 Å². The minimum atomic E-state index is -0.720. The quantitative estimate of drug-likeness (QED) is 0.568. The molecule has 31 heavy (non-hydrogen) atoms. The lowest BCUT2D eigenvalue weighted by atomic mass is 9.94. The van der Waals surface area contributed by atoms with Gasteiger partial charge in [0, 0.05) is 67.1 Å². The van der Waals surface area contributed by atoms with Gasteiger partial charge in [-0.2, -0.15) is 0 Å². The Labute approximate surface area is 182 Å². The van der Waals surface area contributed by atoms with Gasteiger partial charge >= 0.3 is 0 Å². The first-order valence-electron chi connectivity index (χ1n) is 9.93. The summed E-state index contributed by atoms with van der Waals surface area (Å²) in [6.45, 7) is 1.32. The molecule has 0 saturated carbocycles. The van der Waals surface area contributed by atoms with E-state index in [1.165, 1.54) is 11.4 Å². The number of hydrogen-bond acceptors (Lipinski definition) is 7. The Balaban J connectivity index is 1.56. The van der Waals surface area contributed by atoms with Gasteiger partial charge in [-0.3, -0.25) is 9.78 Å². The third kappa shape index (κ3) is 4.63. The number of aliphatic hydroxyl groups excluding tert-OH is 1. The zero-order chi connectivity index (χ0) is 22.0. The lowest BCUT2D eigenvalue weighted by molar-refractivity contribution is 0.0989. The fraction of sp³-hybridized carbons (Fsp3) is 0.318. The first kappa shape index (κ1) is 21.5. The van der Waals surface area contributed by atoms with Crippen molar-refractivity contribution in [2.24, 2.45) is 11.7 Å². The normalized spacial score (nSPS) is 18.9. The molecule has 1 aromatic carbocycles. The molecule has 1 aliphatic heterocycles. The molecule has 0 bridgehead atoms. The van der Waals surface area contributed by atoms with Crippen LogP contribution in [-0.2, 0) is 6.42 Å². The number of anilines is 1. The van der Waals surface area contributed by atoms with E-state index in [1.807, 2.05) is 6.07 Å². The van der Waals surface area contributed by atoms with Crippen LogP contribution < -0.4 is 10.6 Å². The van der Waals surface area contributed by atoms with Crippen molar-refractivity contribution in [1.82, 2.24) is 9.97 Å². The van der Waals surface area contributed by atoms with Crippen molar-refractivity contribution in [2.45, 2.75) is 18.9 Å². The second-order valence-corrected chi connectivity index (χ2v) is 8.55. The van der Waals surface area contributed by atoms with E-state index in [0.29, 0.717) is 18.7 Å². The molecule has 3 heterocycles. The maximum absolute atomic E-state index is 14.0. The van der Waals surface area contributed by atoms with E-state index < -0.39 is 11.6 Å². The summed E-state index contributed by atoms with van der Waals surface area (Å²) in [5, 5.41) is 11.2. The zero-order valence-electron chi connectivity index (χ0n) is 16.7. The number of halogens is 2. The molecule has 4 rings (SSSR count). The van der Waals surface area contributed by atoms with Gasteiger partial charge in [-0.1, -0.05) is 6.07 Å². The molecular weight excluding hydrogens is 422 g/mol. The molecule has 1 saturated heterocycles. The summed E-state index contributed by atoms with van der Waals surface area (Å²) in [7, 11) is 0. The maximum Gasteiger partial charge on any atom is 0.186 e. The van der Waals surface area contributed by atoms with Crippen LogP contribution in [0.5, 0.6) is 0 Å². The second kappa shape index (κ2) is 9.17. The number of thiazole rings is 1. The number of aromatic nitrogens is 2. The summed E-state index contributed by atoms with van der Waals surface area (Å²) < 4.78 is 28.1. The largest absolute Gasteiger partial charge is 0.396 e. The van der Waals surface area contributed by atoms with Crippen LogP contribution >= 0.6 is 11.3 Å². The van der Waals surface area contributed by atoms with E-state index in [2.05, 4.69) is 14.9 Å². The molecule has 1 fully saturated rings. The lowest BCUT2D eigenvalue weighted by Gasteiger charge is -2.38. The number of piperidine rings is 1. The molecule has 0 amide bonds. The highest BCUT2D eigenvalue weighted by atomic mass is 32.1. The minimum absolute atomic E-state index is 0.0433. The van der Waals surface area contributed by atoms with Gasteiger partial charge < -0.3 is 15.7 Å². The maximum atomic E-state index is 14.0. The molecule has 3 aromatic rings. The van der Waals surface area contributed by atoms with Gasteiger partial charge in [0.25, 0.3) is 0 Å². The number of benzene rings is 1. The fourth-order valence-corrected chi connectivity index (χ4v) is 4.79. The standard InChI is InChI=1S/C22H22F2N4O2S/c23-16-2-1-3-17(24)21(16)22-27-18(12-31-22)20(30)7-14-8-26-5-4-19(14)28-9-13(11-29)6-15(25)10-28/h1-5,8,12-13,15,29H,6-7,9-11,25H2. The first-order valence-corrected chi connectivity index (χ1v) is 10.8. The number of pyridine rings is 1. The molecular formula is C22H22F2N4O2S. The molecule has 2 unspecified atom stereocenters. The predicted octanol–water partition coefficient (Wildman–Crippen LogP) is 3.05. The van der Waals surface area contributed by atoms with Crippen molar-refractivity contribution in [1.29, 1.82) is 0 Å². The van der Waals surface area contributed by atoms with E-state index in [-0.39, 0.29) is 47.0 Å². The van der Waals surface area contributed by atoms with Gasteiger partial charge in [0.15, 0.2) is 5.78 Å². The average Bonchev–Trinajstić information content (AvgIpc) is 3.23. The molecule has 3 N–H and O–H groups in total. The Kier molecular flexibility index (Phi) is 6.35. The highest BCUT2D eigenvalue weighted by molar-refractivity contribution is 7.13. The van der Waals surface area contributed by atoms with Crippen LogP contribution in [0.3, 0.4) is 0 Å². The van der Waals surface area contributed by atoms with Crippen molar-refractivity contribution in [3.8, 4) is 10.6 Å². The van der Waals surface area contributed by atoms with Gasteiger partial charge in [-0.05, 0) is 24.6 Å². The molecule has 0 aliphatic carbocycles. The molecule has 0 radical (unpaired) electrons. The molecule has 2 atom stereocenters. The minimum Gasteiger partial charge on any atom is -0.396 e. The summed E-state index contributed by atoms with van der Waals surface area (Å²) >= 11 is 1.02. The topological polar surface area (TPSA) is 92.3 Å². The van der Waals surface area contributed by atoms with Crippen LogP contribution in [0.25, 0.3) is 10.6 Å². The Bertz CT molecular complexity index is 1070. The third-order valence-electron chi connectivity index (χ3n) is 5.36. The number of Topliss-reactive ketones (excluding diaryl/α,β-unsaturated/α-hetero) is 1. The molecule has 2 aromatic heterocycles. The Morgan fingerprint density at radius 1 is 1.26 bits per heavy atom. The SMILES string of the molecule is NC1CC(CO)CN(c2ccncc2CC(=O)c2csc(-c3c(F)cccc3F)n2)C1. The third-order valence-corrected chi connectivity index (χ3v) is 6.22. The van der Waals surface area contributed by atoms with E-state index in [1.54, 1.807) is 12.4 Å². The summed E-state index contributed by atoms with van der Waals surface area (Å²) in [4.78, 5) is 23.3. The van der Waals surface area contributed by atoms with Crippen LogP contribution in [0.1, 0.15) is 22.5 Å². The molecule has 9 heteroatoms. The zero-order valence-corrected chi connectivity index (χ0v) is 17.5. The first-order chi connectivity index (χ1) is 15.0. The molecule has 1 aliphatic rings. The number of nitrogens with two attached hydrogens (primary N) is 1. The number of aliphatic hydroxyl groups is 1. The van der Waals surface area contributed by atoms with Crippen LogP contribution in [0.2, 0.25) is 0 Å². The Hall–Kier alpha value is -2.75. The van der Waals surface area contributed by atoms with Crippen LogP contribution in [-0.4, -0.2) is 46.6 Å². The Morgan fingerprint density at radius 3 is 2.77 bits per heavy atom. The molecule has 6 nitrogen and oxygen atoms in total. The monoisotopic (exact) mass is 444 g/mol. The molecule has 162 valence electrons. The summed E-state index contributed by atoms with van der Waals surface area (Å²) in [6.07, 6.45) is 4.08. The van der Waals surface area contributed by atoms with Crippen molar-refractivity contribution < 1.29 is 18.7 Å². The van der Waals surface area contributed by atoms with Gasteiger partial charge in [0.1, 0.15) is 22.3 Å². The number of ketones is 1. The summed E-state index contributed by atoms with van der Waals surface area (Å²) in [6, 6.07) is 5.36. The fourth-order valence-electron chi connectivity index (χ4n) is 3.92. The number of nitrogens with zero attached hydrogens (tertiary/aromatic N) is 3. The Morgan fingerprint density at radius 2 is 2.03 bits per heavy atom. The van der Waals surface area contributed by atoms with Gasteiger partial charge in [0.05, 0.1) is 5.56 Å². The second-order valence-electron chi connectivity index (χ2n) is 7.69. The highest BCUT2D eigenvalue weighted by Gasteiger charge is 2.27. The van der Waals surface area contributed by atoms with E-state index >= 15 is 0 Å². The van der Waals surface area contributed by atoms with Gasteiger partial charge in [0.2, 0.25) is 0 Å². The van der Waals surface area contributed by atoms with Crippen LogP contribution in [0.4, 0.5) is 14.5 Å². The van der Waals surface area contributed by atoms with Crippen LogP contribution in [0, 0.1) is 17.6 Å². The average molecular weight is 445 g/mol. The van der Waals surface area contributed by atoms with Gasteiger partial charge in [-0.25, -0.2) is 13.8 Å². The van der Waals surface area contributed by atoms with Crippen molar-refractivity contribution in [3.63, 3.8) is 0 Å².